The van der Waals surface area contributed by atoms with Gasteiger partial charge in [0.25, 0.3) is 0 Å². The number of nitrogens with zero attached hydrogens (tertiary/aromatic N) is 2. The molecular weight excluding hydrogens is 160 g/mol. The van der Waals surface area contributed by atoms with E-state index < -0.39 is 12.0 Å². The molecule has 2 amide bonds. The maximum atomic E-state index is 11.2. The highest BCUT2D eigenvalue weighted by molar-refractivity contribution is 5.84. The molecule has 0 unspecified atom stereocenters. The van der Waals surface area contributed by atoms with Crippen LogP contribution in [0.2, 0.25) is 0 Å². The highest BCUT2D eigenvalue weighted by Crippen LogP contribution is 2.18. The Hall–Kier alpha value is -1.26. The Morgan fingerprint density at radius 1 is 1.50 bits per heavy atom. The molecule has 68 valence electrons. The molecule has 0 aromatic carbocycles. The van der Waals surface area contributed by atoms with E-state index in [0.717, 1.165) is 0 Å². The second-order valence-corrected chi connectivity index (χ2v) is 3.01. The highest BCUT2D eigenvalue weighted by atomic mass is 16.4. The Morgan fingerprint density at radius 2 is 2.08 bits per heavy atom. The van der Waals surface area contributed by atoms with E-state index in [-0.39, 0.29) is 6.03 Å². The van der Waals surface area contributed by atoms with Crippen LogP contribution in [0.1, 0.15) is 6.42 Å². The lowest BCUT2D eigenvalue weighted by molar-refractivity contribution is -0.146. The predicted molar refractivity (Wildman–Crippen MR) is 41.8 cm³/mol. The maximum absolute atomic E-state index is 11.2. The number of rotatable bonds is 1. The Labute approximate surface area is 70.6 Å². The van der Waals surface area contributed by atoms with E-state index in [2.05, 4.69) is 0 Å². The first-order valence-corrected chi connectivity index (χ1v) is 3.74. The van der Waals surface area contributed by atoms with Crippen molar-refractivity contribution in [3.8, 4) is 0 Å². The molecule has 1 atom stereocenters. The van der Waals surface area contributed by atoms with Gasteiger partial charge in [0.05, 0.1) is 0 Å². The van der Waals surface area contributed by atoms with Crippen LogP contribution in [0.5, 0.6) is 0 Å². The molecule has 0 saturated carbocycles. The van der Waals surface area contributed by atoms with Crippen molar-refractivity contribution < 1.29 is 14.7 Å². The number of carboxylic acid groups (broad SMARTS) is 1. The number of carbonyl (C=O) groups is 2. The van der Waals surface area contributed by atoms with E-state index in [0.29, 0.717) is 13.0 Å². The smallest absolute Gasteiger partial charge is 0.326 e. The summed E-state index contributed by atoms with van der Waals surface area (Å²) in [4.78, 5) is 24.5. The molecule has 1 rings (SSSR count). The molecule has 0 aromatic heterocycles. The summed E-state index contributed by atoms with van der Waals surface area (Å²) in [6.45, 7) is 0.550. The van der Waals surface area contributed by atoms with E-state index >= 15 is 0 Å². The topological polar surface area (TPSA) is 60.9 Å². The van der Waals surface area contributed by atoms with Crippen LogP contribution in [-0.2, 0) is 4.79 Å². The van der Waals surface area contributed by atoms with E-state index in [4.69, 9.17) is 5.11 Å². The summed E-state index contributed by atoms with van der Waals surface area (Å²) >= 11 is 0. The average Bonchev–Trinajstić information content (AvgIpc) is 1.82. The number of likely N-dealkylation sites (tertiary alicyclic amines) is 1. The van der Waals surface area contributed by atoms with Crippen molar-refractivity contribution in [1.82, 2.24) is 9.80 Å². The minimum absolute atomic E-state index is 0.228. The zero-order valence-corrected chi connectivity index (χ0v) is 7.15. The van der Waals surface area contributed by atoms with Crippen LogP contribution >= 0.6 is 0 Å². The quantitative estimate of drug-likeness (QED) is 0.597. The number of aliphatic carboxylic acids is 1. The molecule has 1 N–H and O–H groups in total. The van der Waals surface area contributed by atoms with Crippen molar-refractivity contribution in [3.05, 3.63) is 0 Å². The first-order chi connectivity index (χ1) is 5.54. The van der Waals surface area contributed by atoms with Crippen LogP contribution in [0.15, 0.2) is 0 Å². The van der Waals surface area contributed by atoms with Gasteiger partial charge >= 0.3 is 12.0 Å². The Balaban J connectivity index is 2.55. The number of amides is 2. The molecule has 1 saturated heterocycles. The van der Waals surface area contributed by atoms with Crippen molar-refractivity contribution in [2.75, 3.05) is 20.6 Å². The molecule has 5 nitrogen and oxygen atoms in total. The molecule has 1 aliphatic rings. The van der Waals surface area contributed by atoms with Gasteiger partial charge in [-0.15, -0.1) is 0 Å². The van der Waals surface area contributed by atoms with Gasteiger partial charge in [-0.25, -0.2) is 9.59 Å². The predicted octanol–water partition coefficient (Wildman–Crippen LogP) is -0.173. The van der Waals surface area contributed by atoms with Gasteiger partial charge in [0.15, 0.2) is 0 Å². The SMILES string of the molecule is CN(C)C(=O)N1CC[C@H]1C(=O)O. The monoisotopic (exact) mass is 172 g/mol. The van der Waals surface area contributed by atoms with Crippen LogP contribution in [-0.4, -0.2) is 53.6 Å². The average molecular weight is 172 g/mol. The number of hydrogen-bond acceptors (Lipinski definition) is 2. The minimum atomic E-state index is -0.920. The Kier molecular flexibility index (Phi) is 2.21. The van der Waals surface area contributed by atoms with Crippen LogP contribution in [0.4, 0.5) is 4.79 Å². The highest BCUT2D eigenvalue weighted by Gasteiger charge is 2.38. The molecule has 0 aliphatic carbocycles. The number of hydrogen-bond donors (Lipinski definition) is 1. The van der Waals surface area contributed by atoms with E-state index in [1.54, 1.807) is 14.1 Å². The molecule has 1 heterocycles. The van der Waals surface area contributed by atoms with Gasteiger partial charge in [0.2, 0.25) is 0 Å². The molecule has 0 aromatic rings. The summed E-state index contributed by atoms with van der Waals surface area (Å²) < 4.78 is 0. The van der Waals surface area contributed by atoms with Gasteiger partial charge in [-0.1, -0.05) is 0 Å². The van der Waals surface area contributed by atoms with Gasteiger partial charge in [-0.3, -0.25) is 0 Å². The number of carbonyl (C=O) groups excluding carboxylic acids is 1. The first kappa shape index (κ1) is 8.83. The van der Waals surface area contributed by atoms with Crippen molar-refractivity contribution in [2.45, 2.75) is 12.5 Å². The molecule has 12 heavy (non-hydrogen) atoms. The van der Waals surface area contributed by atoms with Gasteiger partial charge in [0.1, 0.15) is 6.04 Å². The summed E-state index contributed by atoms with van der Waals surface area (Å²) in [5, 5.41) is 8.62. The van der Waals surface area contributed by atoms with Crippen LogP contribution in [0.3, 0.4) is 0 Å². The molecular formula is C7H12N2O3. The van der Waals surface area contributed by atoms with Crippen molar-refractivity contribution >= 4 is 12.0 Å². The van der Waals surface area contributed by atoms with Crippen molar-refractivity contribution in [2.24, 2.45) is 0 Å². The van der Waals surface area contributed by atoms with Crippen molar-refractivity contribution in [3.63, 3.8) is 0 Å². The van der Waals surface area contributed by atoms with Gasteiger partial charge in [0, 0.05) is 20.6 Å². The lowest BCUT2D eigenvalue weighted by atomic mass is 10.0. The largest absolute Gasteiger partial charge is 0.480 e. The number of urea groups is 1. The summed E-state index contributed by atoms with van der Waals surface area (Å²) in [6.07, 6.45) is 0.564. The number of carboxylic acids is 1. The fourth-order valence-electron chi connectivity index (χ4n) is 1.13. The molecule has 0 bridgehead atoms. The maximum Gasteiger partial charge on any atom is 0.326 e. The lowest BCUT2D eigenvalue weighted by Crippen LogP contribution is -2.57. The van der Waals surface area contributed by atoms with E-state index in [9.17, 15) is 9.59 Å². The normalized spacial score (nSPS) is 21.5. The van der Waals surface area contributed by atoms with Gasteiger partial charge < -0.3 is 14.9 Å². The molecule has 1 aliphatic heterocycles. The Bertz CT molecular complexity index is 215. The molecule has 0 spiro atoms. The summed E-state index contributed by atoms with van der Waals surface area (Å²) in [5.41, 5.74) is 0. The van der Waals surface area contributed by atoms with Gasteiger partial charge in [-0.2, -0.15) is 0 Å². The lowest BCUT2D eigenvalue weighted by Gasteiger charge is -2.39. The zero-order valence-electron chi connectivity index (χ0n) is 7.15. The summed E-state index contributed by atoms with van der Waals surface area (Å²) in [6, 6.07) is -0.839. The third kappa shape index (κ3) is 1.34. The second kappa shape index (κ2) is 3.00. The van der Waals surface area contributed by atoms with Crippen LogP contribution in [0, 0.1) is 0 Å². The second-order valence-electron chi connectivity index (χ2n) is 3.01. The minimum Gasteiger partial charge on any atom is -0.480 e. The fraction of sp³-hybridized carbons (Fsp3) is 0.714. The summed E-state index contributed by atoms with van der Waals surface area (Å²) in [5.74, 6) is -0.920. The van der Waals surface area contributed by atoms with E-state index in [1.165, 1.54) is 9.80 Å². The Morgan fingerprint density at radius 3 is 2.33 bits per heavy atom. The zero-order chi connectivity index (χ0) is 9.30. The molecule has 1 fully saturated rings. The van der Waals surface area contributed by atoms with Crippen LogP contribution < -0.4 is 0 Å². The first-order valence-electron chi connectivity index (χ1n) is 3.74. The van der Waals surface area contributed by atoms with Crippen LogP contribution in [0.25, 0.3) is 0 Å². The van der Waals surface area contributed by atoms with Crippen molar-refractivity contribution in [1.29, 1.82) is 0 Å². The third-order valence-electron chi connectivity index (χ3n) is 1.93. The molecule has 5 heteroatoms. The van der Waals surface area contributed by atoms with Gasteiger partial charge in [-0.05, 0) is 6.42 Å². The standard InChI is InChI=1S/C7H12N2O3/c1-8(2)7(12)9-4-3-5(9)6(10)11/h5H,3-4H2,1-2H3,(H,10,11)/t5-/m0/s1. The summed E-state index contributed by atoms with van der Waals surface area (Å²) in [7, 11) is 3.22. The fourth-order valence-corrected chi connectivity index (χ4v) is 1.13. The van der Waals surface area contributed by atoms with E-state index in [1.807, 2.05) is 0 Å². The molecule has 0 radical (unpaired) electrons. The third-order valence-corrected chi connectivity index (χ3v) is 1.93.